The molecule has 1 aliphatic carbocycles. The fraction of sp³-hybridized carbons (Fsp3) is 0.765. The highest BCUT2D eigenvalue weighted by Crippen LogP contribution is 2.39. The number of hydrogen-bond acceptors (Lipinski definition) is 4. The molecule has 2 aliphatic rings. The van der Waals surface area contributed by atoms with Crippen LogP contribution in [0, 0.1) is 0 Å². The molecule has 1 aliphatic heterocycles. The summed E-state index contributed by atoms with van der Waals surface area (Å²) in [5.41, 5.74) is 1.80. The van der Waals surface area contributed by atoms with Crippen molar-refractivity contribution in [2.75, 3.05) is 40.8 Å². The average molecular weight is 319 g/mol. The lowest BCUT2D eigenvalue weighted by molar-refractivity contribution is 0.0609. The van der Waals surface area contributed by atoms with Crippen LogP contribution in [-0.4, -0.2) is 71.8 Å². The normalized spacial score (nSPS) is 21.6. The number of hydrogen-bond donors (Lipinski definition) is 1. The Morgan fingerprint density at radius 1 is 1.35 bits per heavy atom. The van der Waals surface area contributed by atoms with E-state index in [9.17, 15) is 4.79 Å². The van der Waals surface area contributed by atoms with Crippen LogP contribution < -0.4 is 5.32 Å². The highest BCUT2D eigenvalue weighted by atomic mass is 16.2. The minimum absolute atomic E-state index is 0.00736. The monoisotopic (exact) mass is 319 g/mol. The molecule has 23 heavy (non-hydrogen) atoms. The summed E-state index contributed by atoms with van der Waals surface area (Å²) in [5, 5.41) is 7.65. The van der Waals surface area contributed by atoms with Gasteiger partial charge in [-0.3, -0.25) is 9.48 Å². The van der Waals surface area contributed by atoms with Gasteiger partial charge in [-0.05, 0) is 66.0 Å². The summed E-state index contributed by atoms with van der Waals surface area (Å²) in [5.74, 6) is 0.566. The first-order valence-electron chi connectivity index (χ1n) is 8.59. The highest BCUT2D eigenvalue weighted by molar-refractivity contribution is 5.92. The number of piperidine rings is 1. The number of nitrogens with one attached hydrogen (secondary N) is 1. The SMILES string of the molecule is CN1CCC(CNC(=O)c2cc(C3CC3)nn2C)(N(C)C)CC1. The molecule has 1 amide bonds. The Morgan fingerprint density at radius 3 is 2.57 bits per heavy atom. The molecule has 128 valence electrons. The van der Waals surface area contributed by atoms with E-state index in [1.54, 1.807) is 4.68 Å². The van der Waals surface area contributed by atoms with Crippen molar-refractivity contribution in [3.05, 3.63) is 17.5 Å². The van der Waals surface area contributed by atoms with Crippen LogP contribution in [0.3, 0.4) is 0 Å². The van der Waals surface area contributed by atoms with Crippen LogP contribution in [0.1, 0.15) is 47.8 Å². The van der Waals surface area contributed by atoms with Gasteiger partial charge in [0.15, 0.2) is 0 Å². The average Bonchev–Trinajstić information content (AvgIpc) is 3.29. The molecule has 0 spiro atoms. The molecule has 2 fully saturated rings. The first-order valence-corrected chi connectivity index (χ1v) is 8.59. The fourth-order valence-corrected chi connectivity index (χ4v) is 3.43. The number of nitrogens with zero attached hydrogens (tertiary/aromatic N) is 4. The van der Waals surface area contributed by atoms with Gasteiger partial charge in [0.1, 0.15) is 5.69 Å². The third-order valence-corrected chi connectivity index (χ3v) is 5.57. The molecule has 3 rings (SSSR count). The number of likely N-dealkylation sites (N-methyl/N-ethyl adjacent to an activating group) is 1. The van der Waals surface area contributed by atoms with Crippen molar-refractivity contribution in [3.8, 4) is 0 Å². The molecular weight excluding hydrogens is 290 g/mol. The van der Waals surface area contributed by atoms with Gasteiger partial charge in [-0.2, -0.15) is 5.10 Å². The van der Waals surface area contributed by atoms with Gasteiger partial charge in [0.2, 0.25) is 0 Å². The maximum Gasteiger partial charge on any atom is 0.269 e. The predicted molar refractivity (Wildman–Crippen MR) is 90.7 cm³/mol. The van der Waals surface area contributed by atoms with Gasteiger partial charge in [-0.1, -0.05) is 0 Å². The summed E-state index contributed by atoms with van der Waals surface area (Å²) in [4.78, 5) is 17.2. The molecular formula is C17H29N5O. The first-order chi connectivity index (χ1) is 10.9. The second-order valence-corrected chi connectivity index (χ2v) is 7.46. The maximum atomic E-state index is 12.6. The minimum atomic E-state index is -0.00736. The lowest BCUT2D eigenvalue weighted by Crippen LogP contribution is -2.58. The summed E-state index contributed by atoms with van der Waals surface area (Å²) in [7, 11) is 8.25. The first kappa shape index (κ1) is 16.5. The number of aryl methyl sites for hydroxylation is 1. The smallest absolute Gasteiger partial charge is 0.269 e. The number of rotatable bonds is 5. The van der Waals surface area contributed by atoms with Crippen LogP contribution in [0.25, 0.3) is 0 Å². The zero-order valence-electron chi connectivity index (χ0n) is 14.8. The standard InChI is InChI=1S/C17H29N5O/c1-20(2)17(7-9-21(3)10-8-17)12-18-16(23)15-11-14(13-5-6-13)19-22(15)4/h11,13H,5-10,12H2,1-4H3,(H,18,23). The molecule has 1 saturated carbocycles. The van der Waals surface area contributed by atoms with Gasteiger partial charge in [0, 0.05) is 25.0 Å². The summed E-state index contributed by atoms with van der Waals surface area (Å²) in [6.07, 6.45) is 4.57. The van der Waals surface area contributed by atoms with E-state index >= 15 is 0 Å². The number of amides is 1. The van der Waals surface area contributed by atoms with E-state index in [1.165, 1.54) is 12.8 Å². The van der Waals surface area contributed by atoms with Gasteiger partial charge in [0.05, 0.1) is 5.69 Å². The van der Waals surface area contributed by atoms with Crippen molar-refractivity contribution < 1.29 is 4.79 Å². The molecule has 1 saturated heterocycles. The quantitative estimate of drug-likeness (QED) is 0.881. The van der Waals surface area contributed by atoms with Crippen LogP contribution in [0.4, 0.5) is 0 Å². The van der Waals surface area contributed by atoms with E-state index in [0.717, 1.165) is 31.6 Å². The van der Waals surface area contributed by atoms with E-state index in [0.29, 0.717) is 18.2 Å². The minimum Gasteiger partial charge on any atom is -0.349 e. The lowest BCUT2D eigenvalue weighted by Gasteiger charge is -2.45. The molecule has 2 heterocycles. The lowest BCUT2D eigenvalue weighted by atomic mass is 9.86. The molecule has 0 aromatic carbocycles. The molecule has 1 aromatic heterocycles. The molecule has 0 radical (unpaired) electrons. The number of carbonyl (C=O) groups is 1. The van der Waals surface area contributed by atoms with Crippen LogP contribution in [0.2, 0.25) is 0 Å². The van der Waals surface area contributed by atoms with Crippen molar-refractivity contribution in [2.45, 2.75) is 37.1 Å². The second-order valence-electron chi connectivity index (χ2n) is 7.46. The van der Waals surface area contributed by atoms with Gasteiger partial charge < -0.3 is 15.1 Å². The summed E-state index contributed by atoms with van der Waals surface area (Å²) in [6, 6.07) is 1.96. The Morgan fingerprint density at radius 2 is 2.00 bits per heavy atom. The zero-order chi connectivity index (χ0) is 16.6. The fourth-order valence-electron chi connectivity index (χ4n) is 3.43. The highest BCUT2D eigenvalue weighted by Gasteiger charge is 2.36. The van der Waals surface area contributed by atoms with Crippen molar-refractivity contribution in [1.29, 1.82) is 0 Å². The zero-order valence-corrected chi connectivity index (χ0v) is 14.8. The van der Waals surface area contributed by atoms with Crippen LogP contribution in [0.15, 0.2) is 6.07 Å². The van der Waals surface area contributed by atoms with E-state index in [-0.39, 0.29) is 11.4 Å². The summed E-state index contributed by atoms with van der Waals surface area (Å²) < 4.78 is 1.72. The van der Waals surface area contributed by atoms with E-state index in [2.05, 4.69) is 41.4 Å². The Balaban J connectivity index is 1.65. The molecule has 0 unspecified atom stereocenters. The topological polar surface area (TPSA) is 53.4 Å². The summed E-state index contributed by atoms with van der Waals surface area (Å²) >= 11 is 0. The van der Waals surface area contributed by atoms with Crippen molar-refractivity contribution in [3.63, 3.8) is 0 Å². The maximum absolute atomic E-state index is 12.6. The Hall–Kier alpha value is -1.40. The van der Waals surface area contributed by atoms with Gasteiger partial charge in [-0.25, -0.2) is 0 Å². The molecule has 0 atom stereocenters. The van der Waals surface area contributed by atoms with Crippen molar-refractivity contribution >= 4 is 5.91 Å². The molecule has 6 nitrogen and oxygen atoms in total. The Bertz CT molecular complexity index is 568. The van der Waals surface area contributed by atoms with E-state index < -0.39 is 0 Å². The molecule has 0 bridgehead atoms. The Kier molecular flexibility index (Phi) is 4.47. The third-order valence-electron chi connectivity index (χ3n) is 5.57. The number of carbonyl (C=O) groups excluding carboxylic acids is 1. The molecule has 6 heteroatoms. The van der Waals surface area contributed by atoms with Crippen molar-refractivity contribution in [2.24, 2.45) is 7.05 Å². The Labute approximate surface area is 138 Å². The van der Waals surface area contributed by atoms with Crippen molar-refractivity contribution in [1.82, 2.24) is 24.9 Å². The molecule has 1 aromatic rings. The van der Waals surface area contributed by atoms with Gasteiger partial charge in [-0.15, -0.1) is 0 Å². The number of aromatic nitrogens is 2. The van der Waals surface area contributed by atoms with Crippen LogP contribution in [0.5, 0.6) is 0 Å². The second kappa shape index (κ2) is 6.24. The summed E-state index contributed by atoms with van der Waals surface area (Å²) in [6.45, 7) is 2.84. The van der Waals surface area contributed by atoms with Crippen LogP contribution >= 0.6 is 0 Å². The van der Waals surface area contributed by atoms with E-state index in [1.807, 2.05) is 13.1 Å². The predicted octanol–water partition coefficient (Wildman–Crippen LogP) is 1.05. The van der Waals surface area contributed by atoms with Crippen LogP contribution in [-0.2, 0) is 7.05 Å². The van der Waals surface area contributed by atoms with Gasteiger partial charge in [0.25, 0.3) is 5.91 Å². The largest absolute Gasteiger partial charge is 0.349 e. The third kappa shape index (κ3) is 3.43. The number of likely N-dealkylation sites (tertiary alicyclic amines) is 1. The van der Waals surface area contributed by atoms with Gasteiger partial charge >= 0.3 is 0 Å². The van der Waals surface area contributed by atoms with E-state index in [4.69, 9.17) is 0 Å². The molecule has 1 N–H and O–H groups in total.